The average molecular weight is 441 g/mol. The number of para-hydroxylation sites is 1. The summed E-state index contributed by atoms with van der Waals surface area (Å²) in [7, 11) is 0. The van der Waals surface area contributed by atoms with E-state index in [4.69, 9.17) is 10.5 Å². The van der Waals surface area contributed by atoms with Crippen molar-refractivity contribution >= 4 is 23.2 Å². The van der Waals surface area contributed by atoms with Crippen molar-refractivity contribution in [1.29, 1.82) is 0 Å². The van der Waals surface area contributed by atoms with Gasteiger partial charge >= 0.3 is 6.09 Å². The molecule has 1 aromatic carbocycles. The number of oxime groups is 1. The monoisotopic (exact) mass is 440 g/mol. The number of rotatable bonds is 6. The summed E-state index contributed by atoms with van der Waals surface area (Å²) in [6.07, 6.45) is 8.04. The van der Waals surface area contributed by atoms with Gasteiger partial charge in [-0.2, -0.15) is 0 Å². The summed E-state index contributed by atoms with van der Waals surface area (Å²) in [4.78, 5) is 14.0. The number of piperidine rings is 1. The van der Waals surface area contributed by atoms with Crippen LogP contribution >= 0.6 is 0 Å². The summed E-state index contributed by atoms with van der Waals surface area (Å²) < 4.78 is 7.47. The molecule has 4 rings (SSSR count). The molecular weight excluding hydrogens is 404 g/mol. The summed E-state index contributed by atoms with van der Waals surface area (Å²) in [6, 6.07) is 9.09. The van der Waals surface area contributed by atoms with Crippen LogP contribution in [0.3, 0.4) is 0 Å². The van der Waals surface area contributed by atoms with E-state index in [-0.39, 0.29) is 6.61 Å². The van der Waals surface area contributed by atoms with Gasteiger partial charge in [-0.25, -0.2) is 4.79 Å². The number of fused-ring (bicyclic) bond motifs is 1. The van der Waals surface area contributed by atoms with E-state index in [1.54, 1.807) is 0 Å². The number of primary amides is 1. The van der Waals surface area contributed by atoms with E-state index in [1.807, 2.05) is 18.2 Å². The standard InChI is InChI=1S/C25H36N4O3/c1-17(2)18-7-9-19(10-8-18)28-13-11-20(12-14-28)29-23-6-4-3-5-21(23)22(15-27-31)24(29)16-32-25(26)30/h3-6,15,17-20,31H,7-14,16H2,1-2H3,(H2,26,30)/t18-,19+. The van der Waals surface area contributed by atoms with E-state index in [9.17, 15) is 10.0 Å². The molecule has 7 nitrogen and oxygen atoms in total. The minimum atomic E-state index is -0.805. The minimum absolute atomic E-state index is 0.0603. The fraction of sp³-hybridized carbons (Fsp3) is 0.600. The van der Waals surface area contributed by atoms with Crippen molar-refractivity contribution in [3.63, 3.8) is 0 Å². The average Bonchev–Trinajstić information content (AvgIpc) is 3.11. The quantitative estimate of drug-likeness (QED) is 0.380. The highest BCUT2D eigenvalue weighted by Crippen LogP contribution is 2.37. The van der Waals surface area contributed by atoms with Gasteiger partial charge in [0.05, 0.1) is 11.9 Å². The van der Waals surface area contributed by atoms with Crippen LogP contribution in [0, 0.1) is 11.8 Å². The maximum Gasteiger partial charge on any atom is 0.404 e. The summed E-state index contributed by atoms with van der Waals surface area (Å²) >= 11 is 0. The summed E-state index contributed by atoms with van der Waals surface area (Å²) in [5.41, 5.74) is 7.94. The van der Waals surface area contributed by atoms with Crippen LogP contribution in [0.15, 0.2) is 29.4 Å². The highest BCUT2D eigenvalue weighted by Gasteiger charge is 2.32. The molecule has 0 spiro atoms. The van der Waals surface area contributed by atoms with E-state index in [2.05, 4.69) is 34.5 Å². The predicted octanol–water partition coefficient (Wildman–Crippen LogP) is 4.90. The van der Waals surface area contributed by atoms with Crippen molar-refractivity contribution in [1.82, 2.24) is 9.47 Å². The maximum absolute atomic E-state index is 11.3. The van der Waals surface area contributed by atoms with Gasteiger partial charge in [-0.05, 0) is 56.4 Å². The number of carbonyl (C=O) groups is 1. The Hall–Kier alpha value is -2.54. The second-order valence-corrected chi connectivity index (χ2v) is 9.68. The Kier molecular flexibility index (Phi) is 7.04. The molecule has 0 radical (unpaired) electrons. The number of hydrogen-bond acceptors (Lipinski definition) is 5. The smallest absolute Gasteiger partial charge is 0.404 e. The highest BCUT2D eigenvalue weighted by molar-refractivity contribution is 6.01. The number of benzene rings is 1. The maximum atomic E-state index is 11.3. The first-order valence-electron chi connectivity index (χ1n) is 11.9. The molecule has 2 heterocycles. The third kappa shape index (κ3) is 4.63. The van der Waals surface area contributed by atoms with Crippen LogP contribution in [0.25, 0.3) is 10.9 Å². The molecule has 1 aliphatic carbocycles. The van der Waals surface area contributed by atoms with E-state index in [1.165, 1.54) is 31.9 Å². The predicted molar refractivity (Wildman–Crippen MR) is 126 cm³/mol. The van der Waals surface area contributed by atoms with Crippen LogP contribution in [0.4, 0.5) is 4.79 Å². The second kappa shape index (κ2) is 9.94. The number of nitrogens with two attached hydrogens (primary N) is 1. The van der Waals surface area contributed by atoms with Crippen molar-refractivity contribution in [2.24, 2.45) is 22.7 Å². The Labute approximate surface area is 190 Å². The SMILES string of the molecule is CC(C)[C@H]1CC[C@@H](N2CCC(n3c(COC(N)=O)c(C=NO)c4ccccc43)CC2)CC1. The molecule has 1 aromatic heterocycles. The van der Waals surface area contributed by atoms with Gasteiger partial charge in [-0.3, -0.25) is 0 Å². The molecule has 174 valence electrons. The third-order valence-electron chi connectivity index (χ3n) is 7.66. The molecule has 2 fully saturated rings. The Balaban J connectivity index is 1.54. The van der Waals surface area contributed by atoms with Crippen LogP contribution in [0.1, 0.15) is 69.7 Å². The number of ether oxygens (including phenoxy) is 1. The first kappa shape index (κ1) is 22.6. The molecule has 0 atom stereocenters. The molecule has 7 heteroatoms. The van der Waals surface area contributed by atoms with Gasteiger partial charge in [0.1, 0.15) is 6.61 Å². The van der Waals surface area contributed by atoms with Crippen molar-refractivity contribution < 1.29 is 14.7 Å². The minimum Gasteiger partial charge on any atom is -0.443 e. The summed E-state index contributed by atoms with van der Waals surface area (Å²) in [5, 5.41) is 13.5. The molecular formula is C25H36N4O3. The lowest BCUT2D eigenvalue weighted by Gasteiger charge is -2.42. The number of nitrogens with zero attached hydrogens (tertiary/aromatic N) is 3. The van der Waals surface area contributed by atoms with Crippen molar-refractivity contribution in [3.05, 3.63) is 35.5 Å². The number of likely N-dealkylation sites (tertiary alicyclic amines) is 1. The van der Waals surface area contributed by atoms with Crippen molar-refractivity contribution in [2.75, 3.05) is 13.1 Å². The first-order chi connectivity index (χ1) is 15.5. The Morgan fingerprint density at radius 3 is 2.47 bits per heavy atom. The van der Waals surface area contributed by atoms with E-state index >= 15 is 0 Å². The number of amides is 1. The third-order valence-corrected chi connectivity index (χ3v) is 7.66. The highest BCUT2D eigenvalue weighted by atomic mass is 16.5. The molecule has 0 unspecified atom stereocenters. The Morgan fingerprint density at radius 2 is 1.84 bits per heavy atom. The van der Waals surface area contributed by atoms with Gasteiger partial charge in [-0.15, -0.1) is 0 Å². The van der Waals surface area contributed by atoms with Crippen molar-refractivity contribution in [2.45, 2.75) is 71.1 Å². The van der Waals surface area contributed by atoms with E-state index in [0.29, 0.717) is 12.1 Å². The van der Waals surface area contributed by atoms with Crippen LogP contribution < -0.4 is 5.73 Å². The fourth-order valence-electron chi connectivity index (χ4n) is 5.89. The fourth-order valence-corrected chi connectivity index (χ4v) is 5.89. The lowest BCUT2D eigenvalue weighted by molar-refractivity contribution is 0.0876. The summed E-state index contributed by atoms with van der Waals surface area (Å²) in [5.74, 6) is 1.68. The molecule has 1 aliphatic heterocycles. The second-order valence-electron chi connectivity index (χ2n) is 9.68. The molecule has 0 bridgehead atoms. The lowest BCUT2D eigenvalue weighted by atomic mass is 9.79. The molecule has 2 aliphatic rings. The molecule has 3 N–H and O–H groups in total. The van der Waals surface area contributed by atoms with Crippen LogP contribution in [0.5, 0.6) is 0 Å². The van der Waals surface area contributed by atoms with Gasteiger partial charge in [-0.1, -0.05) is 37.2 Å². The van der Waals surface area contributed by atoms with Gasteiger partial charge < -0.3 is 25.1 Å². The first-order valence-corrected chi connectivity index (χ1v) is 11.9. The van der Waals surface area contributed by atoms with Crippen LogP contribution in [-0.4, -0.2) is 46.1 Å². The lowest BCUT2D eigenvalue weighted by Crippen LogP contribution is -2.44. The van der Waals surface area contributed by atoms with Crippen LogP contribution in [0.2, 0.25) is 0 Å². The van der Waals surface area contributed by atoms with E-state index in [0.717, 1.165) is 59.9 Å². The van der Waals surface area contributed by atoms with Gasteiger partial charge in [0, 0.05) is 41.6 Å². The van der Waals surface area contributed by atoms with Crippen LogP contribution in [-0.2, 0) is 11.3 Å². The zero-order valence-corrected chi connectivity index (χ0v) is 19.2. The topological polar surface area (TPSA) is 93.1 Å². The number of aromatic nitrogens is 1. The Bertz CT molecular complexity index is 951. The number of carbonyl (C=O) groups excluding carboxylic acids is 1. The summed E-state index contributed by atoms with van der Waals surface area (Å²) in [6.45, 7) is 6.92. The normalized spacial score (nSPS) is 23.3. The Morgan fingerprint density at radius 1 is 1.16 bits per heavy atom. The van der Waals surface area contributed by atoms with Crippen molar-refractivity contribution in [3.8, 4) is 0 Å². The molecule has 32 heavy (non-hydrogen) atoms. The van der Waals surface area contributed by atoms with E-state index < -0.39 is 6.09 Å². The van der Waals surface area contributed by atoms with Gasteiger partial charge in [0.15, 0.2) is 0 Å². The van der Waals surface area contributed by atoms with Gasteiger partial charge in [0.2, 0.25) is 0 Å². The molecule has 1 saturated heterocycles. The molecule has 1 saturated carbocycles. The zero-order chi connectivity index (χ0) is 22.7. The molecule has 2 aromatic rings. The van der Waals surface area contributed by atoms with Gasteiger partial charge in [0.25, 0.3) is 0 Å². The zero-order valence-electron chi connectivity index (χ0n) is 19.2. The number of hydrogen-bond donors (Lipinski definition) is 2. The molecule has 1 amide bonds. The largest absolute Gasteiger partial charge is 0.443 e.